The predicted molar refractivity (Wildman–Crippen MR) is 67.5 cm³/mol. The molecule has 18 heavy (non-hydrogen) atoms. The van der Waals surface area contributed by atoms with Crippen LogP contribution in [0.25, 0.3) is 11.5 Å². The molecule has 3 rings (SSSR count). The van der Waals surface area contributed by atoms with Crippen molar-refractivity contribution in [3.63, 3.8) is 0 Å². The first-order chi connectivity index (χ1) is 8.90. The largest absolute Gasteiger partial charge is 0.311 e. The first kappa shape index (κ1) is 10.9. The summed E-state index contributed by atoms with van der Waals surface area (Å²) in [5, 5.41) is 7.48. The molecule has 0 radical (unpaired) electrons. The topological polar surface area (TPSA) is 60.0 Å². The van der Waals surface area contributed by atoms with Crippen molar-refractivity contribution in [3.8, 4) is 5.82 Å². The summed E-state index contributed by atoms with van der Waals surface area (Å²) >= 11 is 0. The molecule has 0 saturated carbocycles. The van der Waals surface area contributed by atoms with Gasteiger partial charge in [-0.2, -0.15) is 5.10 Å². The Morgan fingerprint density at radius 1 is 1.33 bits per heavy atom. The van der Waals surface area contributed by atoms with Crippen LogP contribution in [-0.2, 0) is 6.54 Å². The van der Waals surface area contributed by atoms with Crippen molar-refractivity contribution >= 4 is 5.65 Å². The van der Waals surface area contributed by atoms with Gasteiger partial charge in [-0.1, -0.05) is 13.0 Å². The first-order valence-corrected chi connectivity index (χ1v) is 5.92. The zero-order valence-corrected chi connectivity index (χ0v) is 10.1. The Bertz CT molecular complexity index is 640. The second-order valence-corrected chi connectivity index (χ2v) is 3.93. The minimum Gasteiger partial charge on any atom is -0.311 e. The molecule has 0 fully saturated rings. The molecule has 0 saturated heterocycles. The van der Waals surface area contributed by atoms with E-state index in [9.17, 15) is 0 Å². The average Bonchev–Trinajstić information content (AvgIpc) is 3.03. The van der Waals surface area contributed by atoms with Crippen molar-refractivity contribution in [2.24, 2.45) is 0 Å². The SMILES string of the molecule is CCNCc1c(-n2cncn2)nc2ccccn12. The quantitative estimate of drug-likeness (QED) is 0.742. The van der Waals surface area contributed by atoms with E-state index in [-0.39, 0.29) is 0 Å². The highest BCUT2D eigenvalue weighted by Crippen LogP contribution is 2.15. The maximum atomic E-state index is 4.59. The summed E-state index contributed by atoms with van der Waals surface area (Å²) < 4.78 is 3.76. The van der Waals surface area contributed by atoms with Crippen molar-refractivity contribution in [3.05, 3.63) is 42.7 Å². The molecule has 92 valence electrons. The molecule has 3 aromatic rings. The lowest BCUT2D eigenvalue weighted by Crippen LogP contribution is -2.15. The summed E-state index contributed by atoms with van der Waals surface area (Å²) in [4.78, 5) is 8.56. The van der Waals surface area contributed by atoms with E-state index in [4.69, 9.17) is 0 Å². The van der Waals surface area contributed by atoms with Crippen LogP contribution in [0.2, 0.25) is 0 Å². The number of aromatic nitrogens is 5. The van der Waals surface area contributed by atoms with Gasteiger partial charge in [-0.25, -0.2) is 14.6 Å². The molecule has 0 aliphatic heterocycles. The van der Waals surface area contributed by atoms with Gasteiger partial charge in [-0.05, 0) is 18.7 Å². The Labute approximate surface area is 104 Å². The zero-order valence-electron chi connectivity index (χ0n) is 10.1. The van der Waals surface area contributed by atoms with E-state index in [0.717, 1.165) is 30.2 Å². The Hall–Kier alpha value is -2.21. The van der Waals surface area contributed by atoms with E-state index in [2.05, 4.69) is 31.7 Å². The van der Waals surface area contributed by atoms with Gasteiger partial charge in [0, 0.05) is 12.7 Å². The van der Waals surface area contributed by atoms with Crippen LogP contribution in [0.15, 0.2) is 37.1 Å². The number of nitrogens with one attached hydrogen (secondary N) is 1. The standard InChI is InChI=1S/C12H14N6/c1-2-13-7-10-12(18-9-14-8-15-18)16-11-5-3-4-6-17(10)11/h3-6,8-9,13H,2,7H2,1H3. The molecule has 6 nitrogen and oxygen atoms in total. The summed E-state index contributed by atoms with van der Waals surface area (Å²) in [6.45, 7) is 3.74. The molecule has 0 aliphatic rings. The highest BCUT2D eigenvalue weighted by Gasteiger charge is 2.13. The van der Waals surface area contributed by atoms with Crippen molar-refractivity contribution in [2.45, 2.75) is 13.5 Å². The van der Waals surface area contributed by atoms with Gasteiger partial charge < -0.3 is 9.72 Å². The highest BCUT2D eigenvalue weighted by molar-refractivity contribution is 5.48. The van der Waals surface area contributed by atoms with E-state index < -0.39 is 0 Å². The fraction of sp³-hybridized carbons (Fsp3) is 0.250. The highest BCUT2D eigenvalue weighted by atomic mass is 15.4. The van der Waals surface area contributed by atoms with Crippen molar-refractivity contribution in [1.82, 2.24) is 29.5 Å². The third-order valence-electron chi connectivity index (χ3n) is 2.79. The van der Waals surface area contributed by atoms with Crippen molar-refractivity contribution in [1.29, 1.82) is 0 Å². The van der Waals surface area contributed by atoms with Crippen molar-refractivity contribution in [2.75, 3.05) is 6.54 Å². The number of pyridine rings is 1. The lowest BCUT2D eigenvalue weighted by Gasteiger charge is -2.04. The molecular formula is C12H14N6. The number of imidazole rings is 1. The number of hydrogen-bond donors (Lipinski definition) is 1. The second kappa shape index (κ2) is 4.58. The van der Waals surface area contributed by atoms with Gasteiger partial charge in [0.25, 0.3) is 0 Å². The zero-order chi connectivity index (χ0) is 12.4. The molecule has 0 bridgehead atoms. The Morgan fingerprint density at radius 3 is 3.06 bits per heavy atom. The van der Waals surface area contributed by atoms with Crippen LogP contribution in [-0.4, -0.2) is 30.7 Å². The monoisotopic (exact) mass is 242 g/mol. The molecule has 0 aromatic carbocycles. The van der Waals surface area contributed by atoms with Crippen LogP contribution in [0.1, 0.15) is 12.6 Å². The van der Waals surface area contributed by atoms with Crippen LogP contribution in [0.5, 0.6) is 0 Å². The molecule has 3 heterocycles. The first-order valence-electron chi connectivity index (χ1n) is 5.92. The molecule has 0 unspecified atom stereocenters. The summed E-state index contributed by atoms with van der Waals surface area (Å²) in [5.74, 6) is 0.819. The smallest absolute Gasteiger partial charge is 0.178 e. The second-order valence-electron chi connectivity index (χ2n) is 3.93. The lowest BCUT2D eigenvalue weighted by molar-refractivity contribution is 0.694. The van der Waals surface area contributed by atoms with E-state index in [1.54, 1.807) is 11.0 Å². The normalized spacial score (nSPS) is 11.2. The number of rotatable bonds is 4. The molecule has 1 N–H and O–H groups in total. The maximum Gasteiger partial charge on any atom is 0.178 e. The minimum absolute atomic E-state index is 0.747. The van der Waals surface area contributed by atoms with E-state index in [0.29, 0.717) is 0 Å². The van der Waals surface area contributed by atoms with E-state index >= 15 is 0 Å². The Kier molecular flexibility index (Phi) is 2.77. The predicted octanol–water partition coefficient (Wildman–Crippen LogP) is 1.02. The van der Waals surface area contributed by atoms with Gasteiger partial charge in [0.15, 0.2) is 5.82 Å². The van der Waals surface area contributed by atoms with Gasteiger partial charge in [-0.15, -0.1) is 0 Å². The van der Waals surface area contributed by atoms with Crippen LogP contribution in [0, 0.1) is 0 Å². The molecule has 0 spiro atoms. The number of fused-ring (bicyclic) bond motifs is 1. The summed E-state index contributed by atoms with van der Waals surface area (Å²) in [6, 6.07) is 5.95. The third-order valence-corrected chi connectivity index (χ3v) is 2.79. The maximum absolute atomic E-state index is 4.59. The molecule has 6 heteroatoms. The Balaban J connectivity index is 2.17. The fourth-order valence-corrected chi connectivity index (χ4v) is 1.94. The van der Waals surface area contributed by atoms with Gasteiger partial charge in [0.05, 0.1) is 5.69 Å². The number of nitrogens with zero attached hydrogens (tertiary/aromatic N) is 5. The van der Waals surface area contributed by atoms with Crippen LogP contribution in [0.4, 0.5) is 0 Å². The molecule has 3 aromatic heterocycles. The summed E-state index contributed by atoms with van der Waals surface area (Å²) in [6.07, 6.45) is 5.19. The molecule has 0 aliphatic carbocycles. The van der Waals surface area contributed by atoms with E-state index in [1.807, 2.05) is 24.4 Å². The molecular weight excluding hydrogens is 228 g/mol. The Morgan fingerprint density at radius 2 is 2.28 bits per heavy atom. The summed E-state index contributed by atoms with van der Waals surface area (Å²) in [5.41, 5.74) is 1.99. The lowest BCUT2D eigenvalue weighted by atomic mass is 10.4. The van der Waals surface area contributed by atoms with Crippen LogP contribution < -0.4 is 5.32 Å². The van der Waals surface area contributed by atoms with Gasteiger partial charge >= 0.3 is 0 Å². The van der Waals surface area contributed by atoms with Crippen LogP contribution in [0.3, 0.4) is 0 Å². The fourth-order valence-electron chi connectivity index (χ4n) is 1.94. The number of hydrogen-bond acceptors (Lipinski definition) is 4. The van der Waals surface area contributed by atoms with Crippen LogP contribution >= 0.6 is 0 Å². The summed E-state index contributed by atoms with van der Waals surface area (Å²) in [7, 11) is 0. The minimum atomic E-state index is 0.747. The van der Waals surface area contributed by atoms with Crippen molar-refractivity contribution < 1.29 is 0 Å². The van der Waals surface area contributed by atoms with E-state index in [1.165, 1.54) is 6.33 Å². The van der Waals surface area contributed by atoms with Gasteiger partial charge in [0.2, 0.25) is 0 Å². The van der Waals surface area contributed by atoms with Gasteiger partial charge in [0.1, 0.15) is 18.3 Å². The third kappa shape index (κ3) is 1.76. The average molecular weight is 242 g/mol. The van der Waals surface area contributed by atoms with Gasteiger partial charge in [-0.3, -0.25) is 0 Å². The molecule has 0 atom stereocenters. The molecule has 0 amide bonds.